The van der Waals surface area contributed by atoms with E-state index in [1.807, 2.05) is 6.92 Å². The summed E-state index contributed by atoms with van der Waals surface area (Å²) in [5.74, 6) is -0.111. The number of aliphatic hydroxyl groups is 1. The van der Waals surface area contributed by atoms with E-state index in [0.717, 1.165) is 11.1 Å². The number of nitrogens with one attached hydrogen (secondary N) is 1. The van der Waals surface area contributed by atoms with Crippen LogP contribution < -0.4 is 5.32 Å². The van der Waals surface area contributed by atoms with E-state index < -0.39 is 5.60 Å². The van der Waals surface area contributed by atoms with Crippen LogP contribution in [0.2, 0.25) is 0 Å². The van der Waals surface area contributed by atoms with Gasteiger partial charge in [0.15, 0.2) is 0 Å². The highest BCUT2D eigenvalue weighted by Crippen LogP contribution is 2.23. The summed E-state index contributed by atoms with van der Waals surface area (Å²) >= 11 is 0. The molecule has 0 aliphatic carbocycles. The molecule has 1 aromatic rings. The fraction of sp³-hybridized carbons (Fsp3) is 0.417. The van der Waals surface area contributed by atoms with Gasteiger partial charge in [-0.15, -0.1) is 0 Å². The lowest BCUT2D eigenvalue weighted by Crippen LogP contribution is -2.20. The van der Waals surface area contributed by atoms with Gasteiger partial charge in [0, 0.05) is 12.6 Å². The molecule has 0 heterocycles. The highest BCUT2D eigenvalue weighted by molar-refractivity contribution is 5.94. The number of carbonyl (C=O) groups is 1. The molecule has 0 saturated carbocycles. The van der Waals surface area contributed by atoms with Gasteiger partial charge in [-0.3, -0.25) is 4.79 Å². The monoisotopic (exact) mass is 207 g/mol. The van der Waals surface area contributed by atoms with E-state index in [-0.39, 0.29) is 5.91 Å². The minimum Gasteiger partial charge on any atom is -0.386 e. The average Bonchev–Trinajstić information content (AvgIpc) is 2.14. The van der Waals surface area contributed by atoms with Crippen LogP contribution >= 0.6 is 0 Å². The Morgan fingerprint density at radius 1 is 1.40 bits per heavy atom. The van der Waals surface area contributed by atoms with Gasteiger partial charge in [0.2, 0.25) is 0 Å². The highest BCUT2D eigenvalue weighted by atomic mass is 16.3. The Bertz CT molecular complexity index is 378. The number of hydrogen-bond donors (Lipinski definition) is 2. The maximum Gasteiger partial charge on any atom is 0.251 e. The van der Waals surface area contributed by atoms with Gasteiger partial charge in [0.05, 0.1) is 5.60 Å². The predicted molar refractivity (Wildman–Crippen MR) is 59.8 cm³/mol. The number of aryl methyl sites for hydroxylation is 1. The first kappa shape index (κ1) is 11.7. The summed E-state index contributed by atoms with van der Waals surface area (Å²) in [4.78, 5) is 11.4. The van der Waals surface area contributed by atoms with E-state index in [4.69, 9.17) is 0 Å². The molecule has 0 aliphatic heterocycles. The van der Waals surface area contributed by atoms with Crippen molar-refractivity contribution in [3.05, 3.63) is 34.9 Å². The van der Waals surface area contributed by atoms with Gasteiger partial charge in [0.1, 0.15) is 0 Å². The van der Waals surface area contributed by atoms with Gasteiger partial charge in [-0.2, -0.15) is 0 Å². The second-order valence-corrected chi connectivity index (χ2v) is 4.17. The SMILES string of the molecule is CNC(=O)c1ccc(C(C)(C)O)c(C)c1. The average molecular weight is 207 g/mol. The van der Waals surface area contributed by atoms with Gasteiger partial charge in [-0.25, -0.2) is 0 Å². The third-order valence-corrected chi connectivity index (χ3v) is 2.37. The van der Waals surface area contributed by atoms with E-state index in [9.17, 15) is 9.90 Å². The number of amides is 1. The highest BCUT2D eigenvalue weighted by Gasteiger charge is 2.18. The number of carbonyl (C=O) groups excluding carboxylic acids is 1. The lowest BCUT2D eigenvalue weighted by Gasteiger charge is -2.20. The Morgan fingerprint density at radius 3 is 2.40 bits per heavy atom. The van der Waals surface area contributed by atoms with Crippen molar-refractivity contribution in [3.8, 4) is 0 Å². The van der Waals surface area contributed by atoms with Gasteiger partial charge in [-0.1, -0.05) is 6.07 Å². The predicted octanol–water partition coefficient (Wildman–Crippen LogP) is 1.58. The molecule has 0 bridgehead atoms. The third-order valence-electron chi connectivity index (χ3n) is 2.37. The normalized spacial score (nSPS) is 11.3. The van der Waals surface area contributed by atoms with Gasteiger partial charge in [0.25, 0.3) is 5.91 Å². The molecule has 0 spiro atoms. The summed E-state index contributed by atoms with van der Waals surface area (Å²) in [7, 11) is 1.60. The van der Waals surface area contributed by atoms with Crippen molar-refractivity contribution in [2.75, 3.05) is 7.05 Å². The quantitative estimate of drug-likeness (QED) is 0.773. The lowest BCUT2D eigenvalue weighted by molar-refractivity contribution is 0.0777. The summed E-state index contributed by atoms with van der Waals surface area (Å²) in [5, 5.41) is 12.4. The van der Waals surface area contributed by atoms with Crippen LogP contribution in [-0.2, 0) is 5.60 Å². The molecule has 1 rings (SSSR count). The zero-order chi connectivity index (χ0) is 11.6. The van der Waals surface area contributed by atoms with E-state index in [1.165, 1.54) is 0 Å². The van der Waals surface area contributed by atoms with Crippen LogP contribution in [0.3, 0.4) is 0 Å². The maximum absolute atomic E-state index is 11.4. The Labute approximate surface area is 90.1 Å². The molecular weight excluding hydrogens is 190 g/mol. The molecule has 1 amide bonds. The number of benzene rings is 1. The molecule has 2 N–H and O–H groups in total. The van der Waals surface area contributed by atoms with Crippen LogP contribution in [0.25, 0.3) is 0 Å². The Morgan fingerprint density at radius 2 is 2.00 bits per heavy atom. The van der Waals surface area contributed by atoms with E-state index >= 15 is 0 Å². The molecule has 0 atom stereocenters. The molecule has 3 nitrogen and oxygen atoms in total. The van der Waals surface area contributed by atoms with Crippen molar-refractivity contribution in [1.29, 1.82) is 0 Å². The second kappa shape index (κ2) is 4.03. The summed E-state index contributed by atoms with van der Waals surface area (Å²) in [5.41, 5.74) is 1.51. The van der Waals surface area contributed by atoms with Crippen LogP contribution in [0.4, 0.5) is 0 Å². The summed E-state index contributed by atoms with van der Waals surface area (Å²) in [6.07, 6.45) is 0. The fourth-order valence-corrected chi connectivity index (χ4v) is 1.64. The first-order chi connectivity index (χ1) is 6.86. The summed E-state index contributed by atoms with van der Waals surface area (Å²) in [6.45, 7) is 5.35. The van der Waals surface area contributed by atoms with Crippen molar-refractivity contribution in [2.45, 2.75) is 26.4 Å². The Kier molecular flexibility index (Phi) is 3.15. The standard InChI is InChI=1S/C12H17NO2/c1-8-7-9(11(14)13-4)5-6-10(8)12(2,3)15/h5-7,15H,1-4H3,(H,13,14). The molecule has 3 heteroatoms. The minimum absolute atomic E-state index is 0.111. The molecule has 0 unspecified atom stereocenters. The summed E-state index contributed by atoms with van der Waals surface area (Å²) in [6, 6.07) is 5.30. The van der Waals surface area contributed by atoms with Crippen molar-refractivity contribution < 1.29 is 9.90 Å². The fourth-order valence-electron chi connectivity index (χ4n) is 1.64. The topological polar surface area (TPSA) is 49.3 Å². The molecular formula is C12H17NO2. The maximum atomic E-state index is 11.4. The second-order valence-electron chi connectivity index (χ2n) is 4.17. The summed E-state index contributed by atoms with van der Waals surface area (Å²) < 4.78 is 0. The lowest BCUT2D eigenvalue weighted by atomic mass is 9.92. The smallest absolute Gasteiger partial charge is 0.251 e. The van der Waals surface area contributed by atoms with Crippen LogP contribution in [0.15, 0.2) is 18.2 Å². The van der Waals surface area contributed by atoms with E-state index in [2.05, 4.69) is 5.32 Å². The zero-order valence-electron chi connectivity index (χ0n) is 9.59. The van der Waals surface area contributed by atoms with Crippen molar-refractivity contribution in [3.63, 3.8) is 0 Å². The number of rotatable bonds is 2. The molecule has 82 valence electrons. The van der Waals surface area contributed by atoms with Crippen LogP contribution in [0.5, 0.6) is 0 Å². The van der Waals surface area contributed by atoms with Crippen molar-refractivity contribution in [2.24, 2.45) is 0 Å². The molecule has 0 saturated heterocycles. The molecule has 0 aromatic heterocycles. The van der Waals surface area contributed by atoms with E-state index in [1.54, 1.807) is 39.1 Å². The van der Waals surface area contributed by atoms with Gasteiger partial charge < -0.3 is 10.4 Å². The number of hydrogen-bond acceptors (Lipinski definition) is 2. The van der Waals surface area contributed by atoms with E-state index in [0.29, 0.717) is 5.56 Å². The van der Waals surface area contributed by atoms with Crippen molar-refractivity contribution >= 4 is 5.91 Å². The van der Waals surface area contributed by atoms with Crippen LogP contribution in [0.1, 0.15) is 35.3 Å². The first-order valence-electron chi connectivity index (χ1n) is 4.92. The Balaban J connectivity index is 3.15. The molecule has 0 radical (unpaired) electrons. The minimum atomic E-state index is -0.870. The zero-order valence-corrected chi connectivity index (χ0v) is 9.59. The van der Waals surface area contributed by atoms with Gasteiger partial charge >= 0.3 is 0 Å². The molecule has 15 heavy (non-hydrogen) atoms. The Hall–Kier alpha value is -1.35. The molecule has 1 aromatic carbocycles. The third kappa shape index (κ3) is 2.57. The van der Waals surface area contributed by atoms with Crippen LogP contribution in [0, 0.1) is 6.92 Å². The molecule has 0 fully saturated rings. The largest absolute Gasteiger partial charge is 0.386 e. The van der Waals surface area contributed by atoms with Gasteiger partial charge in [-0.05, 0) is 44.0 Å². The van der Waals surface area contributed by atoms with Crippen LogP contribution in [-0.4, -0.2) is 18.1 Å². The van der Waals surface area contributed by atoms with Crippen molar-refractivity contribution in [1.82, 2.24) is 5.32 Å². The first-order valence-corrected chi connectivity index (χ1v) is 4.92. The molecule has 0 aliphatic rings.